The molecule has 0 saturated heterocycles. The van der Waals surface area contributed by atoms with Crippen LogP contribution in [0.25, 0.3) is 0 Å². The molecule has 3 heterocycles. The average Bonchev–Trinajstić information content (AvgIpc) is 2.63. The number of hydrazone groups is 1. The van der Waals surface area contributed by atoms with Gasteiger partial charge < -0.3 is 5.32 Å². The van der Waals surface area contributed by atoms with E-state index >= 15 is 0 Å². The second-order valence-electron chi connectivity index (χ2n) is 5.03. The molecule has 6 heteroatoms. The molecule has 0 fully saturated rings. The third-order valence-electron chi connectivity index (χ3n) is 3.73. The van der Waals surface area contributed by atoms with Gasteiger partial charge in [-0.15, -0.1) is 0 Å². The molecule has 6 nitrogen and oxygen atoms in total. The monoisotopic (exact) mass is 307 g/mol. The fraction of sp³-hybridized carbons (Fsp3) is 0.176. The van der Waals surface area contributed by atoms with Crippen LogP contribution in [0.3, 0.4) is 0 Å². The lowest BCUT2D eigenvalue weighted by molar-refractivity contribution is -0.117. The Bertz CT molecular complexity index is 729. The standard InChI is InChI=1S/C17H17N5O/c1-2-22-17(13-23,15-7-3-4-10-19-15)16(8-11-20-22)21-14-6-5-9-18-12-14/h3-13,21H,2H2,1H3. The second-order valence-corrected chi connectivity index (χ2v) is 5.03. The number of pyridine rings is 2. The Hall–Kier alpha value is -3.02. The predicted octanol–water partition coefficient (Wildman–Crippen LogP) is 2.19. The summed E-state index contributed by atoms with van der Waals surface area (Å²) in [7, 11) is 0. The number of nitrogens with zero attached hydrogens (tertiary/aromatic N) is 4. The fourth-order valence-corrected chi connectivity index (χ4v) is 2.65. The van der Waals surface area contributed by atoms with E-state index in [0.717, 1.165) is 12.0 Å². The summed E-state index contributed by atoms with van der Waals surface area (Å²) in [4.78, 5) is 20.7. The van der Waals surface area contributed by atoms with Crippen molar-refractivity contribution in [2.24, 2.45) is 5.10 Å². The molecule has 1 atom stereocenters. The van der Waals surface area contributed by atoms with Crippen molar-refractivity contribution >= 4 is 18.2 Å². The summed E-state index contributed by atoms with van der Waals surface area (Å²) >= 11 is 0. The van der Waals surface area contributed by atoms with Crippen molar-refractivity contribution in [1.82, 2.24) is 15.0 Å². The normalized spacial score (nSPS) is 20.0. The third kappa shape index (κ3) is 2.59. The zero-order chi connectivity index (χ0) is 16.1. The van der Waals surface area contributed by atoms with Crippen LogP contribution in [-0.2, 0) is 10.3 Å². The van der Waals surface area contributed by atoms with Gasteiger partial charge in [-0.25, -0.2) is 0 Å². The van der Waals surface area contributed by atoms with Crippen molar-refractivity contribution in [3.63, 3.8) is 0 Å². The maximum Gasteiger partial charge on any atom is 0.194 e. The largest absolute Gasteiger partial charge is 0.355 e. The Labute approximate surface area is 134 Å². The number of allylic oxidation sites excluding steroid dienone is 1. The minimum absolute atomic E-state index is 0.567. The van der Waals surface area contributed by atoms with Crippen molar-refractivity contribution in [2.45, 2.75) is 12.5 Å². The number of hydrogen-bond acceptors (Lipinski definition) is 6. The van der Waals surface area contributed by atoms with Gasteiger partial charge in [0.1, 0.15) is 0 Å². The molecular weight excluding hydrogens is 290 g/mol. The number of carbonyl (C=O) groups excluding carboxylic acids is 1. The molecule has 0 bridgehead atoms. The van der Waals surface area contributed by atoms with Gasteiger partial charge in [0.05, 0.1) is 23.3 Å². The Kier molecular flexibility index (Phi) is 4.14. The smallest absolute Gasteiger partial charge is 0.194 e. The zero-order valence-corrected chi connectivity index (χ0v) is 12.8. The van der Waals surface area contributed by atoms with Crippen LogP contribution < -0.4 is 5.32 Å². The Balaban J connectivity index is 2.09. The van der Waals surface area contributed by atoms with Crippen LogP contribution in [0.4, 0.5) is 5.69 Å². The lowest BCUT2D eigenvalue weighted by Crippen LogP contribution is -2.50. The number of hydrogen-bond donors (Lipinski definition) is 1. The third-order valence-corrected chi connectivity index (χ3v) is 3.73. The van der Waals surface area contributed by atoms with Crippen LogP contribution in [0.5, 0.6) is 0 Å². The Morgan fingerprint density at radius 2 is 2.17 bits per heavy atom. The van der Waals surface area contributed by atoms with Gasteiger partial charge in [-0.2, -0.15) is 5.10 Å². The molecule has 0 saturated carbocycles. The molecule has 116 valence electrons. The average molecular weight is 307 g/mol. The lowest BCUT2D eigenvalue weighted by atomic mass is 9.89. The minimum Gasteiger partial charge on any atom is -0.355 e. The molecule has 1 aliphatic heterocycles. The summed E-state index contributed by atoms with van der Waals surface area (Å²) in [6.07, 6.45) is 9.43. The van der Waals surface area contributed by atoms with Crippen molar-refractivity contribution < 1.29 is 4.79 Å². The highest BCUT2D eigenvalue weighted by molar-refractivity contribution is 5.83. The van der Waals surface area contributed by atoms with Crippen LogP contribution >= 0.6 is 0 Å². The molecule has 1 N–H and O–H groups in total. The topological polar surface area (TPSA) is 70.5 Å². The second kappa shape index (κ2) is 6.39. The van der Waals surface area contributed by atoms with E-state index < -0.39 is 5.54 Å². The Morgan fingerprint density at radius 3 is 2.83 bits per heavy atom. The number of anilines is 1. The van der Waals surface area contributed by atoms with E-state index in [-0.39, 0.29) is 0 Å². The van der Waals surface area contributed by atoms with Gasteiger partial charge in [0.15, 0.2) is 11.8 Å². The van der Waals surface area contributed by atoms with Crippen molar-refractivity contribution in [1.29, 1.82) is 0 Å². The molecular formula is C17H17N5O. The summed E-state index contributed by atoms with van der Waals surface area (Å²) in [5, 5.41) is 9.35. The maximum absolute atomic E-state index is 12.2. The first-order chi connectivity index (χ1) is 11.3. The zero-order valence-electron chi connectivity index (χ0n) is 12.8. The molecule has 0 aliphatic carbocycles. The molecule has 23 heavy (non-hydrogen) atoms. The predicted molar refractivity (Wildman–Crippen MR) is 88.8 cm³/mol. The van der Waals surface area contributed by atoms with Gasteiger partial charge in [-0.1, -0.05) is 6.07 Å². The molecule has 3 rings (SSSR count). The van der Waals surface area contributed by atoms with Crippen molar-refractivity contribution in [3.05, 3.63) is 66.4 Å². The highest BCUT2D eigenvalue weighted by Gasteiger charge is 2.44. The van der Waals surface area contributed by atoms with E-state index in [1.165, 1.54) is 0 Å². The maximum atomic E-state index is 12.2. The van der Waals surface area contributed by atoms with Gasteiger partial charge in [-0.05, 0) is 37.3 Å². The number of rotatable bonds is 5. The van der Waals surface area contributed by atoms with Crippen molar-refractivity contribution in [3.8, 4) is 0 Å². The SMILES string of the molecule is CCN1N=CC=C(Nc2cccnc2)C1(C=O)c1ccccn1. The number of likely N-dealkylation sites (N-methyl/N-ethyl adjacent to an activating group) is 1. The summed E-state index contributed by atoms with van der Waals surface area (Å²) in [5.41, 5.74) is 1.03. The van der Waals surface area contributed by atoms with Crippen LogP contribution in [0.2, 0.25) is 0 Å². The van der Waals surface area contributed by atoms with Gasteiger partial charge >= 0.3 is 0 Å². The van der Waals surface area contributed by atoms with E-state index in [1.54, 1.807) is 35.9 Å². The fourth-order valence-electron chi connectivity index (χ4n) is 2.65. The number of aldehydes is 1. The van der Waals surface area contributed by atoms with Crippen molar-refractivity contribution in [2.75, 3.05) is 11.9 Å². The first kappa shape index (κ1) is 14.9. The van der Waals surface area contributed by atoms with Crippen LogP contribution in [0, 0.1) is 0 Å². The summed E-state index contributed by atoms with van der Waals surface area (Å²) in [6, 6.07) is 9.24. The highest BCUT2D eigenvalue weighted by Crippen LogP contribution is 2.35. The molecule has 1 aliphatic rings. The van der Waals surface area contributed by atoms with Crippen LogP contribution in [0.1, 0.15) is 12.6 Å². The van der Waals surface area contributed by atoms with E-state index in [2.05, 4.69) is 20.4 Å². The quantitative estimate of drug-likeness (QED) is 0.857. The molecule has 0 aromatic carbocycles. The Morgan fingerprint density at radius 1 is 1.26 bits per heavy atom. The molecule has 2 aromatic heterocycles. The van der Waals surface area contributed by atoms with Gasteiger partial charge in [0.2, 0.25) is 0 Å². The van der Waals surface area contributed by atoms with E-state index in [1.807, 2.05) is 37.3 Å². The first-order valence-corrected chi connectivity index (χ1v) is 7.38. The minimum atomic E-state index is -1.08. The van der Waals surface area contributed by atoms with E-state index in [9.17, 15) is 4.79 Å². The van der Waals surface area contributed by atoms with Crippen LogP contribution in [-0.4, -0.2) is 34.0 Å². The molecule has 0 radical (unpaired) electrons. The van der Waals surface area contributed by atoms with Gasteiger partial charge in [-0.3, -0.25) is 19.8 Å². The molecule has 2 aromatic rings. The summed E-state index contributed by atoms with van der Waals surface area (Å²) in [6.45, 7) is 2.52. The first-order valence-electron chi connectivity index (χ1n) is 7.38. The summed E-state index contributed by atoms with van der Waals surface area (Å²) < 4.78 is 0. The lowest BCUT2D eigenvalue weighted by Gasteiger charge is -2.40. The summed E-state index contributed by atoms with van der Waals surface area (Å²) in [5.74, 6) is 0. The number of carbonyl (C=O) groups is 1. The molecule has 0 amide bonds. The van der Waals surface area contributed by atoms with E-state index in [0.29, 0.717) is 17.9 Å². The number of nitrogens with one attached hydrogen (secondary N) is 1. The molecule has 0 spiro atoms. The highest BCUT2D eigenvalue weighted by atomic mass is 16.1. The van der Waals surface area contributed by atoms with Gasteiger partial charge in [0, 0.05) is 25.2 Å². The number of aromatic nitrogens is 2. The van der Waals surface area contributed by atoms with E-state index in [4.69, 9.17) is 0 Å². The molecule has 1 unspecified atom stereocenters. The van der Waals surface area contributed by atoms with Gasteiger partial charge in [0.25, 0.3) is 0 Å². The van der Waals surface area contributed by atoms with Crippen LogP contribution in [0.15, 0.2) is 65.8 Å².